The van der Waals surface area contributed by atoms with Crippen LogP contribution in [-0.2, 0) is 16.8 Å². The summed E-state index contributed by atoms with van der Waals surface area (Å²) in [4.78, 5) is 7.37. The van der Waals surface area contributed by atoms with E-state index >= 15 is 0 Å². The van der Waals surface area contributed by atoms with Crippen molar-refractivity contribution in [2.45, 2.75) is 12.8 Å². The molecule has 1 rings (SSSR count). The first-order valence-corrected chi connectivity index (χ1v) is 11.4. The first-order valence-electron chi connectivity index (χ1n) is 8.96. The Hall–Kier alpha value is 0.566. The second-order valence-electron chi connectivity index (χ2n) is 6.45. The van der Waals surface area contributed by atoms with Crippen LogP contribution in [0.15, 0.2) is 0 Å². The molecule has 0 aromatic heterocycles. The molecule has 1 fully saturated rings. The van der Waals surface area contributed by atoms with Crippen LogP contribution in [0.3, 0.4) is 0 Å². The number of halogens is 2. The quantitative estimate of drug-likeness (QED) is 0.339. The van der Waals surface area contributed by atoms with Crippen molar-refractivity contribution in [1.82, 2.24) is 20.0 Å². The summed E-state index contributed by atoms with van der Waals surface area (Å²) in [5.74, 6) is 0. The van der Waals surface area contributed by atoms with Crippen LogP contribution in [0.4, 0.5) is 0 Å². The van der Waals surface area contributed by atoms with E-state index in [1.54, 1.807) is 0 Å². The van der Waals surface area contributed by atoms with Gasteiger partial charge in [0.1, 0.15) is 0 Å². The Morgan fingerprint density at radius 3 is 1.57 bits per heavy atom. The number of nitrogens with two attached hydrogens (primary N) is 1. The van der Waals surface area contributed by atoms with Gasteiger partial charge < -0.3 is 25.8 Å². The molecule has 0 atom stereocenters. The summed E-state index contributed by atoms with van der Waals surface area (Å²) in [7, 11) is -5.43. The van der Waals surface area contributed by atoms with Crippen LogP contribution >= 0.6 is 0 Å². The minimum atomic E-state index is -4.94. The molecule has 30 heavy (non-hydrogen) atoms. The molecule has 1 heterocycles. The zero-order valence-corrected chi connectivity index (χ0v) is 19.8. The van der Waals surface area contributed by atoms with Crippen LogP contribution in [0.1, 0.15) is 12.8 Å². The molecule has 3 N–H and O–H groups in total. The van der Waals surface area contributed by atoms with Gasteiger partial charge in [0.25, 0.3) is 0 Å². The molecule has 0 aliphatic carbocycles. The molecular formula is C14H33Cl2CoN5O8. The molecule has 0 spiro atoms. The third kappa shape index (κ3) is 39.1. The van der Waals surface area contributed by atoms with Gasteiger partial charge in [-0.25, -0.2) is 37.3 Å². The second-order valence-corrected chi connectivity index (χ2v) is 7.96. The molecule has 0 aromatic rings. The van der Waals surface area contributed by atoms with E-state index in [4.69, 9.17) is 43.0 Å². The first-order chi connectivity index (χ1) is 13.2. The molecule has 13 nitrogen and oxygen atoms in total. The summed E-state index contributed by atoms with van der Waals surface area (Å²) in [6.45, 7) is 11.0. The molecule has 0 bridgehead atoms. The summed E-state index contributed by atoms with van der Waals surface area (Å²) in [5.41, 5.74) is 5.69. The fourth-order valence-corrected chi connectivity index (χ4v) is 2.48. The van der Waals surface area contributed by atoms with E-state index < -0.39 is 20.5 Å². The average molecular weight is 529 g/mol. The minimum absolute atomic E-state index is 0. The summed E-state index contributed by atoms with van der Waals surface area (Å²) in [5, 5.41) is 3.54. The number of likely N-dealkylation sites (N-methyl/N-ethyl adjacent to an activating group) is 2. The molecule has 0 unspecified atom stereocenters. The van der Waals surface area contributed by atoms with Crippen LogP contribution in [0.25, 0.3) is 0 Å². The van der Waals surface area contributed by atoms with E-state index in [1.807, 2.05) is 0 Å². The monoisotopic (exact) mass is 528 g/mol. The topological polar surface area (TPSA) is 232 Å². The molecule has 0 aromatic carbocycles. The summed E-state index contributed by atoms with van der Waals surface area (Å²) in [6.07, 6.45) is 2.47. The van der Waals surface area contributed by atoms with Crippen molar-refractivity contribution in [3.8, 4) is 0 Å². The maximum atomic E-state index is 8.49. The van der Waals surface area contributed by atoms with Gasteiger partial charge in [-0.05, 0) is 53.1 Å². The Morgan fingerprint density at radius 1 is 0.700 bits per heavy atom. The van der Waals surface area contributed by atoms with E-state index in [1.165, 1.54) is 45.6 Å². The van der Waals surface area contributed by atoms with E-state index in [0.29, 0.717) is 0 Å². The smallest absolute Gasteiger partial charge is 0.329 e. The van der Waals surface area contributed by atoms with Gasteiger partial charge in [-0.1, -0.05) is 0 Å². The van der Waals surface area contributed by atoms with E-state index in [-0.39, 0.29) is 16.8 Å². The van der Waals surface area contributed by atoms with Crippen molar-refractivity contribution in [2.24, 2.45) is 5.73 Å². The zero-order valence-electron chi connectivity index (χ0n) is 17.3. The van der Waals surface area contributed by atoms with Gasteiger partial charge in [-0.2, -0.15) is 0 Å². The standard InChI is InChI=1S/C14H33N5.2ClHO4.Co/c1-17-8-3-6-16-7-12-19(11-5-15)10-4-9-18(2)14-13-17;2*2-1(3,4)5;/h16H,3-15H2,1-2H3;2*(H,2,3,4,5);/q;;;+2/p-2. The molecular weight excluding hydrogens is 496 g/mol. The predicted octanol–water partition coefficient (Wildman–Crippen LogP) is -10.0. The van der Waals surface area contributed by atoms with Crippen LogP contribution in [0, 0.1) is 20.5 Å². The van der Waals surface area contributed by atoms with Crippen LogP contribution in [0.2, 0.25) is 0 Å². The Labute approximate surface area is 192 Å². The maximum absolute atomic E-state index is 8.49. The zero-order chi connectivity index (χ0) is 22.9. The Kier molecular flexibility index (Phi) is 23.7. The van der Waals surface area contributed by atoms with Gasteiger partial charge in [0.2, 0.25) is 0 Å². The van der Waals surface area contributed by atoms with Crippen molar-refractivity contribution in [1.29, 1.82) is 0 Å². The third-order valence-electron chi connectivity index (χ3n) is 3.82. The molecule has 0 amide bonds. The van der Waals surface area contributed by atoms with Gasteiger partial charge in [-0.15, -0.1) is 20.5 Å². The molecule has 1 radical (unpaired) electrons. The fourth-order valence-electron chi connectivity index (χ4n) is 2.48. The van der Waals surface area contributed by atoms with Gasteiger partial charge in [-0.3, -0.25) is 0 Å². The van der Waals surface area contributed by atoms with Crippen molar-refractivity contribution in [2.75, 3.05) is 79.5 Å². The van der Waals surface area contributed by atoms with Crippen LogP contribution in [-0.4, -0.2) is 94.2 Å². The number of nitrogens with one attached hydrogen (secondary N) is 1. The maximum Gasteiger partial charge on any atom is 2.00 e. The minimum Gasteiger partial charge on any atom is -0.329 e. The van der Waals surface area contributed by atoms with E-state index in [9.17, 15) is 0 Å². The largest absolute Gasteiger partial charge is 2.00 e. The van der Waals surface area contributed by atoms with E-state index in [2.05, 4.69) is 34.1 Å². The third-order valence-corrected chi connectivity index (χ3v) is 3.82. The normalized spacial score (nSPS) is 19.3. The second kappa shape index (κ2) is 20.2. The van der Waals surface area contributed by atoms with Crippen LogP contribution in [0.5, 0.6) is 0 Å². The van der Waals surface area contributed by atoms with Gasteiger partial charge in [0, 0.05) is 39.3 Å². The fraction of sp³-hybridized carbons (Fsp3) is 1.00. The van der Waals surface area contributed by atoms with Crippen molar-refractivity contribution in [3.05, 3.63) is 0 Å². The summed E-state index contributed by atoms with van der Waals surface area (Å²) < 4.78 is 67.9. The Balaban J connectivity index is -0.000000553. The van der Waals surface area contributed by atoms with E-state index in [0.717, 1.165) is 32.7 Å². The Bertz CT molecular complexity index is 359. The average Bonchev–Trinajstić information content (AvgIpc) is 2.52. The first kappa shape index (κ1) is 35.2. The number of hydrogen-bond acceptors (Lipinski definition) is 13. The Morgan fingerprint density at radius 2 is 1.13 bits per heavy atom. The number of hydrogen-bond donors (Lipinski definition) is 2. The molecule has 1 aliphatic rings. The van der Waals surface area contributed by atoms with Gasteiger partial charge in [0.15, 0.2) is 0 Å². The molecule has 185 valence electrons. The molecule has 1 saturated heterocycles. The number of rotatable bonds is 2. The molecule has 16 heteroatoms. The van der Waals surface area contributed by atoms with Crippen LogP contribution < -0.4 is 48.3 Å². The molecule has 1 aliphatic heterocycles. The van der Waals surface area contributed by atoms with Crippen molar-refractivity contribution < 1.29 is 74.5 Å². The van der Waals surface area contributed by atoms with Gasteiger partial charge >= 0.3 is 16.8 Å². The predicted molar refractivity (Wildman–Crippen MR) is 82.6 cm³/mol. The number of nitrogens with zero attached hydrogens (tertiary/aromatic N) is 3. The molecule has 0 saturated carbocycles. The van der Waals surface area contributed by atoms with Crippen molar-refractivity contribution in [3.63, 3.8) is 0 Å². The summed E-state index contributed by atoms with van der Waals surface area (Å²) in [6, 6.07) is 0. The summed E-state index contributed by atoms with van der Waals surface area (Å²) >= 11 is 0. The SMILES string of the molecule is CN1CCCNCCN(CCN)CCCN(C)CC1.[Co+2].[O-][Cl+3]([O-])([O-])[O-].[O-][Cl+3]([O-])([O-])[O-]. The van der Waals surface area contributed by atoms with Crippen molar-refractivity contribution >= 4 is 0 Å². The van der Waals surface area contributed by atoms with Gasteiger partial charge in [0.05, 0.1) is 0 Å².